The molecule has 0 aliphatic rings. The average Bonchev–Trinajstić information content (AvgIpc) is 2.96. The molecule has 2 nitrogen and oxygen atoms in total. The Balaban J connectivity index is 2.00. The molecule has 0 N–H and O–H groups in total. The average molecular weight is 268 g/mol. The van der Waals surface area contributed by atoms with Gasteiger partial charge in [-0.25, -0.2) is 9.37 Å². The minimum absolute atomic E-state index is 0.238. The normalized spacial score (nSPS) is 11.4. The summed E-state index contributed by atoms with van der Waals surface area (Å²) >= 11 is 1.61. The van der Waals surface area contributed by atoms with E-state index in [1.807, 2.05) is 34.9 Å². The predicted molar refractivity (Wildman–Crippen MR) is 76.0 cm³/mol. The summed E-state index contributed by atoms with van der Waals surface area (Å²) in [6.45, 7) is 0. The lowest BCUT2D eigenvalue weighted by Gasteiger charge is -1.97. The van der Waals surface area contributed by atoms with Crippen molar-refractivity contribution in [3.8, 4) is 11.3 Å². The lowest BCUT2D eigenvalue weighted by atomic mass is 10.1. The van der Waals surface area contributed by atoms with Crippen molar-refractivity contribution in [3.05, 3.63) is 60.5 Å². The quantitative estimate of drug-likeness (QED) is 0.501. The Morgan fingerprint density at radius 3 is 2.68 bits per heavy atom. The summed E-state index contributed by atoms with van der Waals surface area (Å²) < 4.78 is 17.0. The Morgan fingerprint density at radius 1 is 1.00 bits per heavy atom. The molecule has 0 amide bonds. The van der Waals surface area contributed by atoms with Crippen LogP contribution in [0.4, 0.5) is 4.39 Å². The Bertz CT molecular complexity index is 891. The van der Waals surface area contributed by atoms with Crippen LogP contribution in [0.5, 0.6) is 0 Å². The molecule has 0 saturated heterocycles. The minimum Gasteiger partial charge on any atom is -0.290 e. The number of halogens is 1. The molecule has 0 aliphatic carbocycles. The molecular formula is C15H9FN2S. The molecule has 0 fully saturated rings. The van der Waals surface area contributed by atoms with Crippen LogP contribution in [0, 0.1) is 5.82 Å². The Kier molecular flexibility index (Phi) is 2.19. The van der Waals surface area contributed by atoms with Crippen LogP contribution in [-0.2, 0) is 0 Å². The van der Waals surface area contributed by atoms with Crippen LogP contribution in [0.15, 0.2) is 54.7 Å². The van der Waals surface area contributed by atoms with Gasteiger partial charge in [0.2, 0.25) is 0 Å². The van der Waals surface area contributed by atoms with Crippen molar-refractivity contribution in [3.63, 3.8) is 0 Å². The summed E-state index contributed by atoms with van der Waals surface area (Å²) in [5, 5.41) is 0. The summed E-state index contributed by atoms with van der Waals surface area (Å²) in [5.74, 6) is -0.238. The number of aromatic nitrogens is 2. The molecule has 4 aromatic rings. The lowest BCUT2D eigenvalue weighted by Crippen LogP contribution is -1.82. The molecule has 0 aliphatic heterocycles. The number of benzene rings is 2. The maximum atomic E-state index is 13.8. The highest BCUT2D eigenvalue weighted by molar-refractivity contribution is 7.23. The Labute approximate surface area is 112 Å². The maximum Gasteiger partial charge on any atom is 0.195 e. The number of hydrogen-bond acceptors (Lipinski definition) is 2. The first-order valence-electron chi connectivity index (χ1n) is 5.94. The largest absolute Gasteiger partial charge is 0.290 e. The number of hydrogen-bond donors (Lipinski definition) is 0. The van der Waals surface area contributed by atoms with Gasteiger partial charge >= 0.3 is 0 Å². The SMILES string of the molecule is Fc1ccccc1-c1cn2c(n1)sc1ccccc12. The van der Waals surface area contributed by atoms with E-state index in [-0.39, 0.29) is 5.82 Å². The van der Waals surface area contributed by atoms with E-state index in [2.05, 4.69) is 11.1 Å². The number of fused-ring (bicyclic) bond motifs is 3. The topological polar surface area (TPSA) is 17.3 Å². The second-order valence-corrected chi connectivity index (χ2v) is 5.34. The van der Waals surface area contributed by atoms with Crippen molar-refractivity contribution >= 4 is 26.5 Å². The van der Waals surface area contributed by atoms with Crippen molar-refractivity contribution in [2.45, 2.75) is 0 Å². The second kappa shape index (κ2) is 3.90. The van der Waals surface area contributed by atoms with Crippen LogP contribution < -0.4 is 0 Å². The van der Waals surface area contributed by atoms with Gasteiger partial charge in [-0.1, -0.05) is 35.6 Å². The summed E-state index contributed by atoms with van der Waals surface area (Å²) in [6, 6.07) is 14.8. The van der Waals surface area contributed by atoms with Gasteiger partial charge in [0.15, 0.2) is 4.96 Å². The van der Waals surface area contributed by atoms with Gasteiger partial charge in [-0.05, 0) is 24.3 Å². The molecule has 0 bridgehead atoms. The first kappa shape index (κ1) is 10.7. The third-order valence-corrected chi connectivity index (χ3v) is 4.19. The van der Waals surface area contributed by atoms with Crippen molar-refractivity contribution in [1.29, 1.82) is 0 Å². The second-order valence-electron chi connectivity index (χ2n) is 4.33. The van der Waals surface area contributed by atoms with Crippen molar-refractivity contribution < 1.29 is 4.39 Å². The Hall–Kier alpha value is -2.20. The molecule has 0 unspecified atom stereocenters. The van der Waals surface area contributed by atoms with Gasteiger partial charge in [0.1, 0.15) is 5.82 Å². The molecule has 19 heavy (non-hydrogen) atoms. The van der Waals surface area contributed by atoms with Gasteiger partial charge in [0.25, 0.3) is 0 Å². The third kappa shape index (κ3) is 1.57. The van der Waals surface area contributed by atoms with Crippen molar-refractivity contribution in [1.82, 2.24) is 9.38 Å². The zero-order valence-corrected chi connectivity index (χ0v) is 10.7. The molecule has 4 rings (SSSR count). The van der Waals surface area contributed by atoms with Crippen LogP contribution >= 0.6 is 11.3 Å². The molecule has 92 valence electrons. The molecule has 0 atom stereocenters. The highest BCUT2D eigenvalue weighted by atomic mass is 32.1. The van der Waals surface area contributed by atoms with E-state index in [0.717, 1.165) is 10.5 Å². The first-order valence-corrected chi connectivity index (χ1v) is 6.76. The van der Waals surface area contributed by atoms with Crippen LogP contribution in [0.25, 0.3) is 26.4 Å². The van der Waals surface area contributed by atoms with Gasteiger partial charge in [0, 0.05) is 11.8 Å². The molecule has 2 heterocycles. The van der Waals surface area contributed by atoms with Crippen molar-refractivity contribution in [2.75, 3.05) is 0 Å². The molecule has 2 aromatic heterocycles. The molecule has 4 heteroatoms. The molecule has 2 aromatic carbocycles. The summed E-state index contributed by atoms with van der Waals surface area (Å²) in [7, 11) is 0. The van der Waals surface area contributed by atoms with E-state index in [9.17, 15) is 4.39 Å². The predicted octanol–water partition coefficient (Wildman–Crippen LogP) is 4.36. The van der Waals surface area contributed by atoms with E-state index < -0.39 is 0 Å². The zero-order valence-electron chi connectivity index (χ0n) is 9.88. The highest BCUT2D eigenvalue weighted by Gasteiger charge is 2.11. The zero-order chi connectivity index (χ0) is 12.8. The van der Waals surface area contributed by atoms with E-state index in [1.165, 1.54) is 10.8 Å². The van der Waals surface area contributed by atoms with Crippen molar-refractivity contribution in [2.24, 2.45) is 0 Å². The molecular weight excluding hydrogens is 259 g/mol. The summed E-state index contributed by atoms with van der Waals surface area (Å²) in [5.41, 5.74) is 2.33. The number of para-hydroxylation sites is 1. The molecule has 0 spiro atoms. The number of thiazole rings is 1. The van der Waals surface area contributed by atoms with E-state index in [0.29, 0.717) is 11.3 Å². The smallest absolute Gasteiger partial charge is 0.195 e. The van der Waals surface area contributed by atoms with Gasteiger partial charge in [-0.3, -0.25) is 4.40 Å². The van der Waals surface area contributed by atoms with Gasteiger partial charge in [0.05, 0.1) is 15.9 Å². The van der Waals surface area contributed by atoms with Crippen LogP contribution in [0.2, 0.25) is 0 Å². The maximum absolute atomic E-state index is 13.8. The number of nitrogens with zero attached hydrogens (tertiary/aromatic N) is 2. The van der Waals surface area contributed by atoms with Gasteiger partial charge in [-0.15, -0.1) is 0 Å². The first-order chi connectivity index (χ1) is 9.33. The molecule has 0 saturated carbocycles. The van der Waals surface area contributed by atoms with Crippen LogP contribution in [-0.4, -0.2) is 9.38 Å². The lowest BCUT2D eigenvalue weighted by molar-refractivity contribution is 0.631. The highest BCUT2D eigenvalue weighted by Crippen LogP contribution is 2.29. The minimum atomic E-state index is -0.238. The van der Waals surface area contributed by atoms with E-state index >= 15 is 0 Å². The van der Waals surface area contributed by atoms with Gasteiger partial charge in [-0.2, -0.15) is 0 Å². The third-order valence-electron chi connectivity index (χ3n) is 3.15. The van der Waals surface area contributed by atoms with E-state index in [1.54, 1.807) is 23.5 Å². The van der Waals surface area contributed by atoms with Crippen LogP contribution in [0.1, 0.15) is 0 Å². The Morgan fingerprint density at radius 2 is 1.79 bits per heavy atom. The fraction of sp³-hybridized carbons (Fsp3) is 0. The van der Waals surface area contributed by atoms with Crippen LogP contribution in [0.3, 0.4) is 0 Å². The number of imidazole rings is 1. The standard InChI is InChI=1S/C15H9FN2S/c16-11-6-2-1-5-10(11)12-9-18-13-7-3-4-8-14(13)19-15(18)17-12/h1-9H. The summed E-state index contributed by atoms with van der Waals surface area (Å²) in [4.78, 5) is 5.41. The summed E-state index contributed by atoms with van der Waals surface area (Å²) in [6.07, 6.45) is 1.90. The number of rotatable bonds is 1. The van der Waals surface area contributed by atoms with Gasteiger partial charge < -0.3 is 0 Å². The van der Waals surface area contributed by atoms with E-state index in [4.69, 9.17) is 0 Å². The fourth-order valence-corrected chi connectivity index (χ4v) is 3.26. The fourth-order valence-electron chi connectivity index (χ4n) is 2.25. The molecule has 0 radical (unpaired) electrons. The monoisotopic (exact) mass is 268 g/mol.